The standard InChI is InChI=1S/C12H16BrN3O3/c1-3-12(2,11(18)19)14-10(17)9-7(13)8(15-16-9)6-4-5-6/h6H,3-5H2,1-2H3,(H,14,17)(H,15,16)(H,18,19). The fourth-order valence-electron chi connectivity index (χ4n) is 1.74. The first kappa shape index (κ1) is 14.0. The molecule has 19 heavy (non-hydrogen) atoms. The molecule has 2 rings (SSSR count). The van der Waals surface area contributed by atoms with E-state index in [4.69, 9.17) is 5.11 Å². The molecular formula is C12H16BrN3O3. The third-order valence-corrected chi connectivity index (χ3v) is 4.30. The maximum absolute atomic E-state index is 12.1. The maximum atomic E-state index is 12.1. The number of aromatic amines is 1. The summed E-state index contributed by atoms with van der Waals surface area (Å²) < 4.78 is 0.636. The first-order valence-electron chi connectivity index (χ1n) is 6.18. The Morgan fingerprint density at radius 2 is 2.21 bits per heavy atom. The average molecular weight is 330 g/mol. The minimum absolute atomic E-state index is 0.211. The van der Waals surface area contributed by atoms with Gasteiger partial charge in [0.1, 0.15) is 5.54 Å². The molecule has 1 aliphatic rings. The SMILES string of the molecule is CCC(C)(NC(=O)c1n[nH]c(C2CC2)c1Br)C(=O)O. The van der Waals surface area contributed by atoms with Gasteiger partial charge in [0.25, 0.3) is 5.91 Å². The van der Waals surface area contributed by atoms with E-state index < -0.39 is 17.4 Å². The Balaban J connectivity index is 2.18. The molecule has 3 N–H and O–H groups in total. The van der Waals surface area contributed by atoms with Crippen LogP contribution in [0.5, 0.6) is 0 Å². The van der Waals surface area contributed by atoms with Crippen LogP contribution in [0.25, 0.3) is 0 Å². The Morgan fingerprint density at radius 3 is 2.68 bits per heavy atom. The molecule has 0 spiro atoms. The molecule has 1 heterocycles. The molecule has 0 aliphatic heterocycles. The number of carbonyl (C=O) groups is 2. The monoisotopic (exact) mass is 329 g/mol. The van der Waals surface area contributed by atoms with Crippen LogP contribution in [-0.2, 0) is 4.79 Å². The summed E-state index contributed by atoms with van der Waals surface area (Å²) in [6.07, 6.45) is 2.47. The summed E-state index contributed by atoms with van der Waals surface area (Å²) >= 11 is 3.36. The van der Waals surface area contributed by atoms with E-state index in [1.807, 2.05) is 0 Å². The molecule has 1 saturated carbocycles. The molecule has 7 heteroatoms. The smallest absolute Gasteiger partial charge is 0.329 e. The van der Waals surface area contributed by atoms with Crippen molar-refractivity contribution in [2.24, 2.45) is 0 Å². The molecule has 1 aromatic rings. The Kier molecular flexibility index (Phi) is 3.66. The molecule has 104 valence electrons. The van der Waals surface area contributed by atoms with Gasteiger partial charge < -0.3 is 10.4 Å². The fourth-order valence-corrected chi connectivity index (χ4v) is 2.42. The lowest BCUT2D eigenvalue weighted by atomic mass is 9.99. The molecule has 0 saturated heterocycles. The molecular weight excluding hydrogens is 314 g/mol. The van der Waals surface area contributed by atoms with Gasteiger partial charge in [0.05, 0.1) is 10.2 Å². The van der Waals surface area contributed by atoms with Crippen LogP contribution < -0.4 is 5.32 Å². The van der Waals surface area contributed by atoms with Crippen LogP contribution in [0.2, 0.25) is 0 Å². The van der Waals surface area contributed by atoms with Crippen LogP contribution in [-0.4, -0.2) is 32.7 Å². The van der Waals surface area contributed by atoms with Crippen LogP contribution in [0.15, 0.2) is 4.47 Å². The number of nitrogens with one attached hydrogen (secondary N) is 2. The summed E-state index contributed by atoms with van der Waals surface area (Å²) in [5, 5.41) is 18.5. The van der Waals surface area contributed by atoms with Gasteiger partial charge in [-0.25, -0.2) is 4.79 Å². The number of hydrogen-bond acceptors (Lipinski definition) is 3. The van der Waals surface area contributed by atoms with Crippen molar-refractivity contribution in [3.8, 4) is 0 Å². The number of halogens is 1. The number of amides is 1. The highest BCUT2D eigenvalue weighted by Gasteiger charge is 2.36. The van der Waals surface area contributed by atoms with E-state index in [-0.39, 0.29) is 5.69 Å². The van der Waals surface area contributed by atoms with E-state index in [1.54, 1.807) is 6.92 Å². The van der Waals surface area contributed by atoms with Crippen LogP contribution in [0, 0.1) is 0 Å². The first-order chi connectivity index (χ1) is 8.89. The van der Waals surface area contributed by atoms with Gasteiger partial charge in [-0.15, -0.1) is 0 Å². The van der Waals surface area contributed by atoms with Gasteiger partial charge in [-0.05, 0) is 42.1 Å². The highest BCUT2D eigenvalue weighted by molar-refractivity contribution is 9.10. The average Bonchev–Trinajstić information content (AvgIpc) is 3.12. The highest BCUT2D eigenvalue weighted by atomic mass is 79.9. The van der Waals surface area contributed by atoms with E-state index in [2.05, 4.69) is 31.4 Å². The summed E-state index contributed by atoms with van der Waals surface area (Å²) in [4.78, 5) is 23.3. The fraction of sp³-hybridized carbons (Fsp3) is 0.583. The van der Waals surface area contributed by atoms with Crippen LogP contribution in [0.1, 0.15) is 55.2 Å². The number of hydrogen-bond donors (Lipinski definition) is 3. The quantitative estimate of drug-likeness (QED) is 0.770. The molecule has 0 bridgehead atoms. The van der Waals surface area contributed by atoms with Gasteiger partial charge >= 0.3 is 5.97 Å². The van der Waals surface area contributed by atoms with E-state index in [0.717, 1.165) is 18.5 Å². The largest absolute Gasteiger partial charge is 0.480 e. The van der Waals surface area contributed by atoms with E-state index in [0.29, 0.717) is 16.8 Å². The zero-order valence-corrected chi connectivity index (χ0v) is 12.4. The molecule has 6 nitrogen and oxygen atoms in total. The minimum Gasteiger partial charge on any atom is -0.480 e. The molecule has 1 atom stereocenters. The van der Waals surface area contributed by atoms with Crippen molar-refractivity contribution in [2.75, 3.05) is 0 Å². The third-order valence-electron chi connectivity index (χ3n) is 3.50. The number of nitrogens with zero attached hydrogens (tertiary/aromatic N) is 1. The number of carbonyl (C=O) groups excluding carboxylic acids is 1. The molecule has 1 amide bonds. The van der Waals surface area contributed by atoms with Gasteiger partial charge in [0.2, 0.25) is 0 Å². The lowest BCUT2D eigenvalue weighted by molar-refractivity contribution is -0.143. The number of carboxylic acids is 1. The van der Waals surface area contributed by atoms with E-state index >= 15 is 0 Å². The first-order valence-corrected chi connectivity index (χ1v) is 6.98. The van der Waals surface area contributed by atoms with Crippen molar-refractivity contribution in [2.45, 2.75) is 44.6 Å². The zero-order valence-electron chi connectivity index (χ0n) is 10.8. The second-order valence-electron chi connectivity index (χ2n) is 5.02. The Bertz CT molecular complexity index is 524. The maximum Gasteiger partial charge on any atom is 0.329 e. The van der Waals surface area contributed by atoms with Crippen molar-refractivity contribution in [3.63, 3.8) is 0 Å². The van der Waals surface area contributed by atoms with Gasteiger partial charge in [-0.1, -0.05) is 6.92 Å². The van der Waals surface area contributed by atoms with Gasteiger partial charge in [0.15, 0.2) is 5.69 Å². The summed E-state index contributed by atoms with van der Waals surface area (Å²) in [6.45, 7) is 3.19. The lowest BCUT2D eigenvalue weighted by Crippen LogP contribution is -2.51. The molecule has 1 aromatic heterocycles. The Morgan fingerprint density at radius 1 is 1.58 bits per heavy atom. The highest BCUT2D eigenvalue weighted by Crippen LogP contribution is 2.42. The summed E-state index contributed by atoms with van der Waals surface area (Å²) in [6, 6.07) is 0. The van der Waals surface area contributed by atoms with E-state index in [1.165, 1.54) is 6.92 Å². The van der Waals surface area contributed by atoms with Crippen LogP contribution >= 0.6 is 15.9 Å². The number of H-pyrrole nitrogens is 1. The van der Waals surface area contributed by atoms with Crippen LogP contribution in [0.4, 0.5) is 0 Å². The Labute approximate surface area is 119 Å². The topological polar surface area (TPSA) is 95.1 Å². The number of aliphatic carboxylic acids is 1. The molecule has 1 fully saturated rings. The van der Waals surface area contributed by atoms with Gasteiger partial charge in [0, 0.05) is 5.92 Å². The summed E-state index contributed by atoms with van der Waals surface area (Å²) in [5.74, 6) is -1.11. The predicted octanol–water partition coefficient (Wildman–Crippen LogP) is 2.03. The molecule has 1 aliphatic carbocycles. The van der Waals surface area contributed by atoms with Crippen LogP contribution in [0.3, 0.4) is 0 Å². The minimum atomic E-state index is -1.28. The van der Waals surface area contributed by atoms with Crippen molar-refractivity contribution >= 4 is 27.8 Å². The molecule has 0 aromatic carbocycles. The van der Waals surface area contributed by atoms with E-state index in [9.17, 15) is 9.59 Å². The predicted molar refractivity (Wildman–Crippen MR) is 72.1 cm³/mol. The number of aromatic nitrogens is 2. The second kappa shape index (κ2) is 4.96. The van der Waals surface area contributed by atoms with Crippen molar-refractivity contribution in [3.05, 3.63) is 15.9 Å². The second-order valence-corrected chi connectivity index (χ2v) is 5.81. The summed E-state index contributed by atoms with van der Waals surface area (Å²) in [5.41, 5.74) is -0.156. The van der Waals surface area contributed by atoms with Crippen molar-refractivity contribution < 1.29 is 14.7 Å². The number of carboxylic acid groups (broad SMARTS) is 1. The van der Waals surface area contributed by atoms with Gasteiger partial charge in [-0.3, -0.25) is 9.89 Å². The van der Waals surface area contributed by atoms with Crippen molar-refractivity contribution in [1.82, 2.24) is 15.5 Å². The Hall–Kier alpha value is -1.37. The third kappa shape index (κ3) is 2.65. The lowest BCUT2D eigenvalue weighted by Gasteiger charge is -2.24. The summed E-state index contributed by atoms with van der Waals surface area (Å²) in [7, 11) is 0. The molecule has 0 radical (unpaired) electrons. The van der Waals surface area contributed by atoms with Gasteiger partial charge in [-0.2, -0.15) is 5.10 Å². The normalized spacial score (nSPS) is 17.8. The van der Waals surface area contributed by atoms with Crippen molar-refractivity contribution in [1.29, 1.82) is 0 Å². The zero-order chi connectivity index (χ0) is 14.2. The molecule has 1 unspecified atom stereocenters. The number of rotatable bonds is 5.